The zero-order valence-corrected chi connectivity index (χ0v) is 19.2. The van der Waals surface area contributed by atoms with Crippen molar-refractivity contribution < 1.29 is 23.5 Å². The third-order valence-corrected chi connectivity index (χ3v) is 6.30. The van der Waals surface area contributed by atoms with Gasteiger partial charge in [-0.25, -0.2) is 4.79 Å². The quantitative estimate of drug-likeness (QED) is 0.331. The van der Waals surface area contributed by atoms with Crippen LogP contribution >= 0.6 is 11.8 Å². The molecular formula is C26H23NO5S. The number of ether oxygens (including phenoxy) is 1. The average Bonchev–Trinajstić information content (AvgIpc) is 3.39. The molecule has 0 saturated carbocycles. The third kappa shape index (κ3) is 5.09. The van der Waals surface area contributed by atoms with Crippen LogP contribution in [0.5, 0.6) is 0 Å². The molecule has 4 rings (SSSR count). The first-order valence-corrected chi connectivity index (χ1v) is 11.4. The van der Waals surface area contributed by atoms with Crippen LogP contribution in [-0.4, -0.2) is 35.7 Å². The summed E-state index contributed by atoms with van der Waals surface area (Å²) >= 11 is 0.918. The molecule has 0 N–H and O–H groups in total. The molecule has 1 fully saturated rings. The Morgan fingerprint density at radius 2 is 1.88 bits per heavy atom. The Labute approximate surface area is 196 Å². The van der Waals surface area contributed by atoms with Gasteiger partial charge in [-0.1, -0.05) is 36.4 Å². The highest BCUT2D eigenvalue weighted by Crippen LogP contribution is 2.34. The number of aryl methyl sites for hydroxylation is 2. The minimum atomic E-state index is -0.427. The summed E-state index contributed by atoms with van der Waals surface area (Å²) in [6, 6.07) is 18.7. The number of thioether (sulfide) groups is 1. The van der Waals surface area contributed by atoms with Gasteiger partial charge in [-0.3, -0.25) is 14.5 Å². The summed E-state index contributed by atoms with van der Waals surface area (Å²) in [6.45, 7) is 2.29. The van der Waals surface area contributed by atoms with Crippen molar-refractivity contribution in [2.75, 3.05) is 13.7 Å². The van der Waals surface area contributed by atoms with E-state index in [4.69, 9.17) is 9.15 Å². The van der Waals surface area contributed by atoms with Crippen LogP contribution in [0.3, 0.4) is 0 Å². The van der Waals surface area contributed by atoms with Crippen LogP contribution in [0.15, 0.2) is 70.0 Å². The van der Waals surface area contributed by atoms with Crippen molar-refractivity contribution in [2.45, 2.75) is 19.8 Å². The minimum absolute atomic E-state index is 0.271. The molecule has 0 aliphatic carbocycles. The molecule has 0 bridgehead atoms. The van der Waals surface area contributed by atoms with E-state index in [2.05, 4.69) is 0 Å². The van der Waals surface area contributed by atoms with Crippen LogP contribution in [0.4, 0.5) is 4.79 Å². The van der Waals surface area contributed by atoms with Crippen molar-refractivity contribution in [3.05, 3.63) is 88.0 Å². The fourth-order valence-electron chi connectivity index (χ4n) is 3.62. The number of esters is 1. The van der Waals surface area contributed by atoms with E-state index in [-0.39, 0.29) is 11.1 Å². The van der Waals surface area contributed by atoms with Crippen LogP contribution in [-0.2, 0) is 16.0 Å². The molecule has 1 aliphatic heterocycles. The highest BCUT2D eigenvalue weighted by molar-refractivity contribution is 8.18. The second-order valence-electron chi connectivity index (χ2n) is 7.65. The topological polar surface area (TPSA) is 76.8 Å². The number of benzene rings is 2. The van der Waals surface area contributed by atoms with Crippen molar-refractivity contribution in [1.29, 1.82) is 0 Å². The molecule has 2 heterocycles. The second-order valence-corrected chi connectivity index (χ2v) is 8.64. The molecule has 168 valence electrons. The molecule has 0 radical (unpaired) electrons. The molecule has 1 aliphatic rings. The molecular weight excluding hydrogens is 438 g/mol. The Balaban J connectivity index is 1.46. The molecule has 7 heteroatoms. The monoisotopic (exact) mass is 461 g/mol. The van der Waals surface area contributed by atoms with E-state index in [0.29, 0.717) is 35.0 Å². The number of furan rings is 1. The fourth-order valence-corrected chi connectivity index (χ4v) is 4.46. The zero-order chi connectivity index (χ0) is 23.4. The number of hydrogen-bond donors (Lipinski definition) is 0. The Morgan fingerprint density at radius 3 is 2.64 bits per heavy atom. The summed E-state index contributed by atoms with van der Waals surface area (Å²) in [4.78, 5) is 38.6. The largest absolute Gasteiger partial charge is 0.465 e. The number of imide groups is 1. The lowest BCUT2D eigenvalue weighted by atomic mass is 10.0. The van der Waals surface area contributed by atoms with Gasteiger partial charge in [0.15, 0.2) is 0 Å². The predicted octanol–water partition coefficient (Wildman–Crippen LogP) is 5.71. The zero-order valence-electron chi connectivity index (χ0n) is 18.4. The molecule has 0 unspecified atom stereocenters. The maximum absolute atomic E-state index is 12.8. The number of carbonyl (C=O) groups is 3. The maximum atomic E-state index is 12.8. The summed E-state index contributed by atoms with van der Waals surface area (Å²) in [5.74, 6) is 0.290. The van der Waals surface area contributed by atoms with Crippen molar-refractivity contribution >= 4 is 35.0 Å². The number of amides is 2. The second kappa shape index (κ2) is 9.92. The van der Waals surface area contributed by atoms with Gasteiger partial charge in [0, 0.05) is 18.2 Å². The maximum Gasteiger partial charge on any atom is 0.337 e. The lowest BCUT2D eigenvalue weighted by Crippen LogP contribution is -2.29. The highest BCUT2D eigenvalue weighted by Gasteiger charge is 2.34. The molecule has 33 heavy (non-hydrogen) atoms. The summed E-state index contributed by atoms with van der Waals surface area (Å²) in [7, 11) is 1.33. The number of hydrogen-bond acceptors (Lipinski definition) is 6. The van der Waals surface area contributed by atoms with Gasteiger partial charge in [-0.05, 0) is 66.9 Å². The molecule has 2 aromatic carbocycles. The van der Waals surface area contributed by atoms with Gasteiger partial charge in [-0.2, -0.15) is 0 Å². The smallest absolute Gasteiger partial charge is 0.337 e. The number of carbonyl (C=O) groups excluding carboxylic acids is 3. The Kier molecular flexibility index (Phi) is 6.79. The Bertz CT molecular complexity index is 1230. The summed E-state index contributed by atoms with van der Waals surface area (Å²) in [5.41, 5.74) is 3.29. The van der Waals surface area contributed by atoms with Crippen LogP contribution in [0, 0.1) is 6.92 Å². The molecule has 1 saturated heterocycles. The third-order valence-electron chi connectivity index (χ3n) is 5.39. The highest BCUT2D eigenvalue weighted by atomic mass is 32.2. The van der Waals surface area contributed by atoms with E-state index in [0.717, 1.165) is 29.3 Å². The SMILES string of the molecule is COC(=O)c1ccc(C)c(-c2ccc(/C=C3/SC(=O)N(CCCc4ccccc4)C3=O)o2)c1. The van der Waals surface area contributed by atoms with Gasteiger partial charge in [0.1, 0.15) is 11.5 Å². The standard InChI is InChI=1S/C26H23NO5S/c1-17-10-11-19(25(29)31-2)15-21(17)22-13-12-20(32-22)16-23-24(28)27(26(30)33-23)14-6-9-18-7-4-3-5-8-18/h3-5,7-8,10-13,15-16H,6,9,14H2,1-2H3/b23-16+. The van der Waals surface area contributed by atoms with Crippen molar-refractivity contribution in [2.24, 2.45) is 0 Å². The average molecular weight is 462 g/mol. The molecule has 1 aromatic heterocycles. The van der Waals surface area contributed by atoms with Crippen LogP contribution in [0.25, 0.3) is 17.4 Å². The van der Waals surface area contributed by atoms with E-state index in [1.165, 1.54) is 17.6 Å². The fraction of sp³-hybridized carbons (Fsp3) is 0.192. The predicted molar refractivity (Wildman–Crippen MR) is 128 cm³/mol. The van der Waals surface area contributed by atoms with Gasteiger partial charge < -0.3 is 9.15 Å². The Morgan fingerprint density at radius 1 is 1.09 bits per heavy atom. The van der Waals surface area contributed by atoms with Gasteiger partial charge >= 0.3 is 5.97 Å². The van der Waals surface area contributed by atoms with Gasteiger partial charge in [0.25, 0.3) is 11.1 Å². The lowest BCUT2D eigenvalue weighted by Gasteiger charge is -2.11. The normalized spacial score (nSPS) is 14.8. The number of rotatable bonds is 7. The molecule has 6 nitrogen and oxygen atoms in total. The number of methoxy groups -OCH3 is 1. The Hall–Kier alpha value is -3.58. The van der Waals surface area contributed by atoms with E-state index in [9.17, 15) is 14.4 Å². The van der Waals surface area contributed by atoms with Gasteiger partial charge in [0.05, 0.1) is 17.6 Å². The molecule has 0 atom stereocenters. The summed E-state index contributed by atoms with van der Waals surface area (Å²) < 4.78 is 10.7. The van der Waals surface area contributed by atoms with E-state index < -0.39 is 5.97 Å². The molecule has 2 amide bonds. The van der Waals surface area contributed by atoms with Crippen molar-refractivity contribution in [3.63, 3.8) is 0 Å². The van der Waals surface area contributed by atoms with Crippen molar-refractivity contribution in [3.8, 4) is 11.3 Å². The first kappa shape index (κ1) is 22.6. The van der Waals surface area contributed by atoms with Crippen LogP contribution < -0.4 is 0 Å². The van der Waals surface area contributed by atoms with Crippen LogP contribution in [0.1, 0.15) is 33.7 Å². The van der Waals surface area contributed by atoms with E-state index >= 15 is 0 Å². The molecule has 0 spiro atoms. The number of nitrogens with zero attached hydrogens (tertiary/aromatic N) is 1. The summed E-state index contributed by atoms with van der Waals surface area (Å²) in [6.07, 6.45) is 3.09. The van der Waals surface area contributed by atoms with Gasteiger partial charge in [0.2, 0.25) is 0 Å². The summed E-state index contributed by atoms with van der Waals surface area (Å²) in [5, 5.41) is -0.271. The molecule has 3 aromatic rings. The van der Waals surface area contributed by atoms with Gasteiger partial charge in [-0.15, -0.1) is 0 Å². The van der Waals surface area contributed by atoms with E-state index in [1.807, 2.05) is 43.3 Å². The first-order valence-electron chi connectivity index (χ1n) is 10.5. The first-order chi connectivity index (χ1) is 16.0. The van der Waals surface area contributed by atoms with Crippen LogP contribution in [0.2, 0.25) is 0 Å². The lowest BCUT2D eigenvalue weighted by molar-refractivity contribution is -0.122. The minimum Gasteiger partial charge on any atom is -0.465 e. The van der Waals surface area contributed by atoms with E-state index in [1.54, 1.807) is 30.3 Å². The van der Waals surface area contributed by atoms with Crippen molar-refractivity contribution in [1.82, 2.24) is 4.90 Å².